The molecule has 1 heterocycles. The van der Waals surface area contributed by atoms with Crippen molar-refractivity contribution in [3.8, 4) is 0 Å². The molecule has 2 N–H and O–H groups in total. The van der Waals surface area contributed by atoms with E-state index in [0.29, 0.717) is 6.42 Å². The Morgan fingerprint density at radius 1 is 1.08 bits per heavy atom. The first-order valence-electron chi connectivity index (χ1n) is 9.35. The molecule has 0 saturated carbocycles. The van der Waals surface area contributed by atoms with Gasteiger partial charge in [0.15, 0.2) is 0 Å². The smallest absolute Gasteiger partial charge is 0.224 e. The van der Waals surface area contributed by atoms with E-state index in [1.54, 1.807) is 0 Å². The van der Waals surface area contributed by atoms with Gasteiger partial charge in [0.05, 0.1) is 0 Å². The van der Waals surface area contributed by atoms with Crippen LogP contribution in [-0.2, 0) is 17.8 Å². The van der Waals surface area contributed by atoms with Crippen molar-refractivity contribution in [2.75, 3.05) is 18.4 Å². The van der Waals surface area contributed by atoms with Gasteiger partial charge in [-0.3, -0.25) is 9.69 Å². The van der Waals surface area contributed by atoms with Gasteiger partial charge in [-0.15, -0.1) is 0 Å². The normalized spacial score (nSPS) is 11.2. The number of aryl methyl sites for hydroxylation is 1. The summed E-state index contributed by atoms with van der Waals surface area (Å²) in [6, 6.07) is 16.3. The second-order valence-electron chi connectivity index (χ2n) is 6.57. The number of H-pyrrole nitrogens is 1. The number of fused-ring (bicyclic) bond motifs is 1. The summed E-state index contributed by atoms with van der Waals surface area (Å²) in [4.78, 5) is 18.0. The number of benzene rings is 2. The van der Waals surface area contributed by atoms with Crippen LogP contribution in [0.5, 0.6) is 0 Å². The largest absolute Gasteiger partial charge is 0.361 e. The Kier molecular flexibility index (Phi) is 6.08. The highest BCUT2D eigenvalue weighted by Crippen LogP contribution is 2.19. The molecule has 3 rings (SSSR count). The van der Waals surface area contributed by atoms with Crippen LogP contribution in [0, 0.1) is 0 Å². The molecule has 26 heavy (non-hydrogen) atoms. The summed E-state index contributed by atoms with van der Waals surface area (Å²) in [5, 5.41) is 4.23. The lowest BCUT2D eigenvalue weighted by atomic mass is 10.1. The highest BCUT2D eigenvalue weighted by atomic mass is 16.1. The maximum absolute atomic E-state index is 12.4. The van der Waals surface area contributed by atoms with Crippen molar-refractivity contribution in [2.24, 2.45) is 0 Å². The lowest BCUT2D eigenvalue weighted by Gasteiger charge is -2.18. The van der Waals surface area contributed by atoms with Gasteiger partial charge < -0.3 is 10.3 Å². The number of carbonyl (C=O) groups excluding carboxylic acids is 1. The van der Waals surface area contributed by atoms with Crippen molar-refractivity contribution in [2.45, 2.75) is 33.2 Å². The summed E-state index contributed by atoms with van der Waals surface area (Å²) in [5.41, 5.74) is 4.40. The number of amides is 1. The highest BCUT2D eigenvalue weighted by Gasteiger charge is 2.08. The van der Waals surface area contributed by atoms with Crippen LogP contribution in [0.4, 0.5) is 5.69 Å². The molecular formula is C22H27N3O. The number of carbonyl (C=O) groups is 1. The van der Waals surface area contributed by atoms with Crippen molar-refractivity contribution >= 4 is 22.5 Å². The molecule has 4 nitrogen and oxygen atoms in total. The number of aromatic amines is 1. The van der Waals surface area contributed by atoms with E-state index in [1.807, 2.05) is 30.5 Å². The average molecular weight is 349 g/mol. The van der Waals surface area contributed by atoms with Crippen LogP contribution in [0.3, 0.4) is 0 Å². The van der Waals surface area contributed by atoms with Gasteiger partial charge in [-0.25, -0.2) is 0 Å². The zero-order chi connectivity index (χ0) is 18.4. The van der Waals surface area contributed by atoms with Crippen molar-refractivity contribution in [3.05, 3.63) is 65.9 Å². The molecule has 1 aromatic heterocycles. The van der Waals surface area contributed by atoms with E-state index < -0.39 is 0 Å². The van der Waals surface area contributed by atoms with Crippen molar-refractivity contribution in [1.82, 2.24) is 9.88 Å². The zero-order valence-electron chi connectivity index (χ0n) is 15.6. The maximum atomic E-state index is 12.4. The first kappa shape index (κ1) is 18.2. The summed E-state index contributed by atoms with van der Waals surface area (Å²) in [6.45, 7) is 7.29. The third kappa shape index (κ3) is 4.52. The number of aromatic nitrogens is 1. The van der Waals surface area contributed by atoms with E-state index in [-0.39, 0.29) is 5.91 Å². The van der Waals surface area contributed by atoms with Crippen molar-refractivity contribution in [3.63, 3.8) is 0 Å². The molecule has 0 aliphatic carbocycles. The van der Waals surface area contributed by atoms with Crippen LogP contribution in [-0.4, -0.2) is 28.9 Å². The number of rotatable bonds is 8. The fourth-order valence-corrected chi connectivity index (χ4v) is 3.26. The minimum atomic E-state index is 0.0512. The second-order valence-corrected chi connectivity index (χ2v) is 6.57. The van der Waals surface area contributed by atoms with Gasteiger partial charge in [0, 0.05) is 35.8 Å². The third-order valence-corrected chi connectivity index (χ3v) is 4.81. The van der Waals surface area contributed by atoms with Crippen molar-refractivity contribution in [1.29, 1.82) is 0 Å². The van der Waals surface area contributed by atoms with Gasteiger partial charge in [-0.05, 0) is 48.8 Å². The van der Waals surface area contributed by atoms with Gasteiger partial charge in [0.25, 0.3) is 0 Å². The summed E-state index contributed by atoms with van der Waals surface area (Å²) >= 11 is 0. The van der Waals surface area contributed by atoms with Crippen LogP contribution >= 0.6 is 0 Å². The van der Waals surface area contributed by atoms with Gasteiger partial charge in [-0.2, -0.15) is 0 Å². The van der Waals surface area contributed by atoms with Crippen LogP contribution < -0.4 is 5.32 Å². The molecule has 3 aromatic rings. The van der Waals surface area contributed by atoms with E-state index in [0.717, 1.165) is 37.3 Å². The fraction of sp³-hybridized carbons (Fsp3) is 0.318. The second kappa shape index (κ2) is 8.68. The Balaban J connectivity index is 1.58. The Hall–Kier alpha value is -2.59. The summed E-state index contributed by atoms with van der Waals surface area (Å²) in [6.07, 6.45) is 3.21. The van der Waals surface area contributed by atoms with Gasteiger partial charge in [-0.1, -0.05) is 44.2 Å². The number of hydrogen-bond acceptors (Lipinski definition) is 2. The Morgan fingerprint density at radius 3 is 2.69 bits per heavy atom. The standard InChI is InChI=1S/C22H27N3O/c1-3-25(4-2)16-17-8-7-9-19(14-17)24-22(26)13-12-18-15-23-21-11-6-5-10-20(18)21/h5-11,14-15,23H,3-4,12-13,16H2,1-2H3,(H,24,26). The van der Waals surface area contributed by atoms with Crippen LogP contribution in [0.25, 0.3) is 10.9 Å². The highest BCUT2D eigenvalue weighted by molar-refractivity contribution is 5.91. The lowest BCUT2D eigenvalue weighted by Crippen LogP contribution is -2.22. The summed E-state index contributed by atoms with van der Waals surface area (Å²) in [5.74, 6) is 0.0512. The fourth-order valence-electron chi connectivity index (χ4n) is 3.26. The molecule has 0 atom stereocenters. The molecule has 0 fully saturated rings. The number of anilines is 1. The molecular weight excluding hydrogens is 322 g/mol. The monoisotopic (exact) mass is 349 g/mol. The van der Waals surface area contributed by atoms with Gasteiger partial charge in [0.1, 0.15) is 0 Å². The number of hydrogen-bond donors (Lipinski definition) is 2. The molecule has 2 aromatic carbocycles. The van der Waals surface area contributed by atoms with Gasteiger partial charge >= 0.3 is 0 Å². The molecule has 0 spiro atoms. The van der Waals surface area contributed by atoms with Crippen molar-refractivity contribution < 1.29 is 4.79 Å². The quantitative estimate of drug-likeness (QED) is 0.625. The van der Waals surface area contributed by atoms with Crippen LogP contribution in [0.15, 0.2) is 54.7 Å². The predicted molar refractivity (Wildman–Crippen MR) is 108 cm³/mol. The molecule has 0 radical (unpaired) electrons. The van der Waals surface area contributed by atoms with E-state index in [2.05, 4.69) is 53.3 Å². The van der Waals surface area contributed by atoms with E-state index in [4.69, 9.17) is 0 Å². The Bertz CT molecular complexity index is 864. The third-order valence-electron chi connectivity index (χ3n) is 4.81. The first-order chi connectivity index (χ1) is 12.7. The molecule has 0 aliphatic heterocycles. The lowest BCUT2D eigenvalue weighted by molar-refractivity contribution is -0.116. The molecule has 4 heteroatoms. The summed E-state index contributed by atoms with van der Waals surface area (Å²) < 4.78 is 0. The van der Waals surface area contributed by atoms with E-state index >= 15 is 0 Å². The van der Waals surface area contributed by atoms with Gasteiger partial charge in [0.2, 0.25) is 5.91 Å². The molecule has 0 aliphatic rings. The van der Waals surface area contributed by atoms with E-state index in [1.165, 1.54) is 16.5 Å². The number of nitrogens with zero attached hydrogens (tertiary/aromatic N) is 1. The summed E-state index contributed by atoms with van der Waals surface area (Å²) in [7, 11) is 0. The van der Waals surface area contributed by atoms with E-state index in [9.17, 15) is 4.79 Å². The molecule has 1 amide bonds. The predicted octanol–water partition coefficient (Wildman–Crippen LogP) is 4.58. The minimum absolute atomic E-state index is 0.0512. The van der Waals surface area contributed by atoms with Crippen LogP contribution in [0.2, 0.25) is 0 Å². The molecule has 0 bridgehead atoms. The molecule has 0 unspecified atom stereocenters. The Labute approximate surface area is 155 Å². The maximum Gasteiger partial charge on any atom is 0.224 e. The topological polar surface area (TPSA) is 48.1 Å². The Morgan fingerprint density at radius 2 is 1.88 bits per heavy atom. The molecule has 136 valence electrons. The van der Waals surface area contributed by atoms with Crippen LogP contribution in [0.1, 0.15) is 31.4 Å². The SMILES string of the molecule is CCN(CC)Cc1cccc(NC(=O)CCc2c[nH]c3ccccc23)c1. The number of nitrogens with one attached hydrogen (secondary N) is 2. The first-order valence-corrected chi connectivity index (χ1v) is 9.35. The molecule has 0 saturated heterocycles. The number of para-hydroxylation sites is 1. The average Bonchev–Trinajstić information content (AvgIpc) is 3.08. The minimum Gasteiger partial charge on any atom is -0.361 e. The zero-order valence-corrected chi connectivity index (χ0v) is 15.6.